The number of carbonyl (C=O) groups excluding carboxylic acids is 1. The van der Waals surface area contributed by atoms with Crippen molar-refractivity contribution >= 4 is 43.4 Å². The second kappa shape index (κ2) is 3.78. The smallest absolute Gasteiger partial charge is 0.234 e. The number of hydrogen-bond donors (Lipinski definition) is 0. The number of alkyl halides is 2. The van der Waals surface area contributed by atoms with Gasteiger partial charge in [-0.3, -0.25) is 9.20 Å². The van der Waals surface area contributed by atoms with Crippen LogP contribution in [0.2, 0.25) is 0 Å². The van der Waals surface area contributed by atoms with Gasteiger partial charge in [-0.15, -0.1) is 0 Å². The molecule has 0 fully saturated rings. The first-order valence-corrected chi connectivity index (χ1v) is 5.63. The lowest BCUT2D eigenvalue weighted by atomic mass is 10.3. The molecule has 0 atom stereocenters. The Balaban J connectivity index is 2.58. The van der Waals surface area contributed by atoms with Gasteiger partial charge in [0.05, 0.1) is 6.20 Å². The second-order valence-corrected chi connectivity index (χ2v) is 5.66. The summed E-state index contributed by atoms with van der Waals surface area (Å²) in [4.78, 5) is 19.7. The molecule has 2 aromatic rings. The molecule has 6 heteroatoms. The zero-order chi connectivity index (χ0) is 10.1. The third-order valence-corrected chi connectivity index (χ3v) is 2.57. The average molecular weight is 319 g/mol. The molecule has 0 saturated heterocycles. The molecule has 0 bridgehead atoms. The minimum Gasteiger partial charge on any atom is -0.290 e. The molecule has 0 aliphatic heterocycles. The number of Topliss-reactive ketones (excluding diaryl/α,β-unsaturated/α-hetero) is 1. The number of imidazole rings is 1. The number of fused-ring (bicyclic) bond motifs is 1. The van der Waals surface area contributed by atoms with Crippen LogP contribution in [0.1, 0.15) is 10.5 Å². The lowest BCUT2D eigenvalue weighted by Crippen LogP contribution is -2.10. The van der Waals surface area contributed by atoms with Gasteiger partial charge in [0.15, 0.2) is 0 Å². The molecular weight excluding hydrogens is 314 g/mol. The van der Waals surface area contributed by atoms with Crippen LogP contribution in [0.3, 0.4) is 0 Å². The molecule has 0 aliphatic carbocycles. The zero-order valence-electron chi connectivity index (χ0n) is 6.89. The number of ketones is 1. The van der Waals surface area contributed by atoms with Crippen LogP contribution in [0.4, 0.5) is 0 Å². The summed E-state index contributed by atoms with van der Waals surface area (Å²) in [5.74, 6) is 0.446. The lowest BCUT2D eigenvalue weighted by Gasteiger charge is -1.99. The van der Waals surface area contributed by atoms with E-state index < -0.39 is 3.74 Å². The van der Waals surface area contributed by atoms with Crippen molar-refractivity contribution in [1.82, 2.24) is 14.4 Å². The summed E-state index contributed by atoms with van der Waals surface area (Å²) in [6.07, 6.45) is 4.90. The highest BCUT2D eigenvalue weighted by atomic mass is 79.9. The summed E-state index contributed by atoms with van der Waals surface area (Å²) in [5.41, 5.74) is 0.506. The molecule has 0 saturated carbocycles. The largest absolute Gasteiger partial charge is 0.290 e. The Kier molecular flexibility index (Phi) is 2.64. The van der Waals surface area contributed by atoms with E-state index in [1.54, 1.807) is 22.9 Å². The summed E-state index contributed by atoms with van der Waals surface area (Å²) in [6, 6.07) is 1.75. The summed E-state index contributed by atoms with van der Waals surface area (Å²) in [6.45, 7) is 0. The Morgan fingerprint density at radius 1 is 1.43 bits per heavy atom. The highest BCUT2D eigenvalue weighted by Gasteiger charge is 2.17. The van der Waals surface area contributed by atoms with Crippen LogP contribution in [0.25, 0.3) is 5.78 Å². The molecule has 0 spiro atoms. The van der Waals surface area contributed by atoms with Crippen molar-refractivity contribution in [1.29, 1.82) is 0 Å². The molecule has 4 nitrogen and oxygen atoms in total. The van der Waals surface area contributed by atoms with E-state index >= 15 is 0 Å². The normalized spacial score (nSPS) is 11.1. The molecule has 2 heterocycles. The minimum absolute atomic E-state index is 0.0782. The molecule has 0 aromatic carbocycles. The standard InChI is InChI=1S/C8H5Br2N3O/c9-7(10)6(14)5-4-12-8-11-2-1-3-13(5)8/h1-4,7H. The molecule has 72 valence electrons. The SMILES string of the molecule is O=C(c1cnc2ncccn12)C(Br)Br. The number of rotatable bonds is 2. The number of hydrogen-bond acceptors (Lipinski definition) is 3. The Labute approximate surface area is 96.6 Å². The minimum atomic E-state index is -0.393. The number of nitrogens with zero attached hydrogens (tertiary/aromatic N) is 3. The van der Waals surface area contributed by atoms with E-state index in [0.717, 1.165) is 0 Å². The fourth-order valence-corrected chi connectivity index (χ4v) is 1.59. The topological polar surface area (TPSA) is 47.3 Å². The molecule has 14 heavy (non-hydrogen) atoms. The van der Waals surface area contributed by atoms with Gasteiger partial charge in [-0.2, -0.15) is 0 Å². The zero-order valence-corrected chi connectivity index (χ0v) is 10.1. The van der Waals surface area contributed by atoms with Crippen molar-refractivity contribution in [3.63, 3.8) is 0 Å². The molecule has 2 rings (SSSR count). The van der Waals surface area contributed by atoms with Gasteiger partial charge in [-0.25, -0.2) is 9.97 Å². The van der Waals surface area contributed by atoms with Crippen molar-refractivity contribution in [2.24, 2.45) is 0 Å². The first kappa shape index (κ1) is 9.79. The fraction of sp³-hybridized carbons (Fsp3) is 0.125. The summed E-state index contributed by atoms with van der Waals surface area (Å²) >= 11 is 6.31. The molecule has 0 unspecified atom stereocenters. The van der Waals surface area contributed by atoms with Crippen molar-refractivity contribution in [2.75, 3.05) is 0 Å². The second-order valence-electron chi connectivity index (χ2n) is 2.60. The number of carbonyl (C=O) groups is 1. The van der Waals surface area contributed by atoms with E-state index in [2.05, 4.69) is 41.8 Å². The Hall–Kier alpha value is -0.750. The Morgan fingerprint density at radius 3 is 2.93 bits per heavy atom. The number of halogens is 2. The van der Waals surface area contributed by atoms with Gasteiger partial charge in [-0.1, -0.05) is 31.9 Å². The first-order valence-electron chi connectivity index (χ1n) is 3.80. The van der Waals surface area contributed by atoms with Crippen LogP contribution in [-0.2, 0) is 0 Å². The maximum atomic E-state index is 11.6. The molecular formula is C8H5Br2N3O. The van der Waals surface area contributed by atoms with Gasteiger partial charge in [0, 0.05) is 12.4 Å². The van der Waals surface area contributed by atoms with Crippen LogP contribution in [-0.4, -0.2) is 23.9 Å². The van der Waals surface area contributed by atoms with Crippen molar-refractivity contribution < 1.29 is 4.79 Å². The van der Waals surface area contributed by atoms with Crippen LogP contribution in [0.15, 0.2) is 24.7 Å². The maximum Gasteiger partial charge on any atom is 0.234 e. The third-order valence-electron chi connectivity index (χ3n) is 1.74. The molecule has 0 N–H and O–H groups in total. The van der Waals surface area contributed by atoms with Crippen LogP contribution >= 0.6 is 31.9 Å². The van der Waals surface area contributed by atoms with Crippen LogP contribution in [0, 0.1) is 0 Å². The van der Waals surface area contributed by atoms with Crippen LogP contribution < -0.4 is 0 Å². The van der Waals surface area contributed by atoms with Gasteiger partial charge in [0.2, 0.25) is 11.6 Å². The van der Waals surface area contributed by atoms with E-state index in [9.17, 15) is 4.79 Å². The maximum absolute atomic E-state index is 11.6. The van der Waals surface area contributed by atoms with E-state index in [0.29, 0.717) is 11.5 Å². The van der Waals surface area contributed by atoms with Gasteiger partial charge in [0.1, 0.15) is 9.43 Å². The van der Waals surface area contributed by atoms with E-state index in [4.69, 9.17) is 0 Å². The van der Waals surface area contributed by atoms with Gasteiger partial charge >= 0.3 is 0 Å². The number of aromatic nitrogens is 3. The van der Waals surface area contributed by atoms with Crippen molar-refractivity contribution in [3.8, 4) is 0 Å². The quantitative estimate of drug-likeness (QED) is 0.629. The molecule has 0 radical (unpaired) electrons. The Morgan fingerprint density at radius 2 is 2.21 bits per heavy atom. The van der Waals surface area contributed by atoms with Crippen molar-refractivity contribution in [3.05, 3.63) is 30.4 Å². The Bertz CT molecular complexity index is 480. The average Bonchev–Trinajstić information content (AvgIpc) is 2.60. The van der Waals surface area contributed by atoms with Gasteiger partial charge in [0.25, 0.3) is 0 Å². The predicted octanol–water partition coefficient (Wildman–Crippen LogP) is 2.03. The van der Waals surface area contributed by atoms with E-state index in [-0.39, 0.29) is 5.78 Å². The van der Waals surface area contributed by atoms with Crippen LogP contribution in [0.5, 0.6) is 0 Å². The highest BCUT2D eigenvalue weighted by Crippen LogP contribution is 2.16. The summed E-state index contributed by atoms with van der Waals surface area (Å²) in [5, 5.41) is 0. The lowest BCUT2D eigenvalue weighted by molar-refractivity contribution is 0.101. The molecule has 0 amide bonds. The fourth-order valence-electron chi connectivity index (χ4n) is 1.12. The van der Waals surface area contributed by atoms with Gasteiger partial charge < -0.3 is 0 Å². The summed E-state index contributed by atoms with van der Waals surface area (Å²) in [7, 11) is 0. The summed E-state index contributed by atoms with van der Waals surface area (Å²) < 4.78 is 1.26. The van der Waals surface area contributed by atoms with Crippen molar-refractivity contribution in [2.45, 2.75) is 3.74 Å². The first-order chi connectivity index (χ1) is 6.70. The highest BCUT2D eigenvalue weighted by molar-refractivity contribution is 9.25. The van der Waals surface area contributed by atoms with E-state index in [1.165, 1.54) is 6.20 Å². The third kappa shape index (κ3) is 1.59. The molecule has 0 aliphatic rings. The van der Waals surface area contributed by atoms with E-state index in [1.807, 2.05) is 0 Å². The molecule has 2 aromatic heterocycles. The monoisotopic (exact) mass is 317 g/mol. The predicted molar refractivity (Wildman–Crippen MR) is 59.0 cm³/mol. The van der Waals surface area contributed by atoms with Gasteiger partial charge in [-0.05, 0) is 6.07 Å².